The molecule has 6 heteroatoms. The normalized spacial score (nSPS) is 49.2. The Hall–Kier alpha value is -0.270. The summed E-state index contributed by atoms with van der Waals surface area (Å²) in [6.45, 7) is -0.581. The van der Waals surface area contributed by atoms with Gasteiger partial charge in [-0.25, -0.2) is 4.39 Å². The molecule has 0 radical (unpaired) electrons. The third-order valence-electron chi connectivity index (χ3n) is 1.82. The van der Waals surface area contributed by atoms with Crippen molar-refractivity contribution in [3.05, 3.63) is 0 Å². The van der Waals surface area contributed by atoms with Crippen molar-refractivity contribution in [3.8, 4) is 0 Å². The van der Waals surface area contributed by atoms with Crippen molar-refractivity contribution in [1.29, 1.82) is 0 Å². The average Bonchev–Trinajstić information content (AvgIpc) is 2.08. The molecule has 5 nitrogen and oxygen atoms in total. The highest BCUT2D eigenvalue weighted by Gasteiger charge is 2.43. The fourth-order valence-electron chi connectivity index (χ4n) is 1.06. The summed E-state index contributed by atoms with van der Waals surface area (Å²) in [6.07, 6.45) is -8.19. The number of ether oxygens (including phenoxy) is 1. The van der Waals surface area contributed by atoms with Crippen LogP contribution in [-0.4, -0.2) is 57.8 Å². The Morgan fingerprint density at radius 3 is 2.25 bits per heavy atom. The predicted octanol–water partition coefficient (Wildman–Crippen LogP) is -2.24. The molecule has 0 bridgehead atoms. The quantitative estimate of drug-likeness (QED) is 0.367. The lowest BCUT2D eigenvalue weighted by atomic mass is 10.0. The van der Waals surface area contributed by atoms with Gasteiger partial charge in [0.1, 0.15) is 18.3 Å². The molecule has 0 aromatic carbocycles. The largest absolute Gasteiger partial charge is 0.394 e. The molecule has 1 saturated heterocycles. The second-order valence-corrected chi connectivity index (χ2v) is 2.67. The zero-order chi connectivity index (χ0) is 9.30. The van der Waals surface area contributed by atoms with E-state index >= 15 is 0 Å². The van der Waals surface area contributed by atoms with Crippen molar-refractivity contribution in [1.82, 2.24) is 0 Å². The van der Waals surface area contributed by atoms with Crippen LogP contribution in [0.15, 0.2) is 0 Å². The smallest absolute Gasteiger partial charge is 0.189 e. The van der Waals surface area contributed by atoms with Crippen molar-refractivity contribution >= 4 is 0 Å². The summed E-state index contributed by atoms with van der Waals surface area (Å²) in [7, 11) is 0. The molecule has 1 aliphatic heterocycles. The molecular weight excluding hydrogens is 170 g/mol. The van der Waals surface area contributed by atoms with Gasteiger partial charge in [-0.2, -0.15) is 0 Å². The van der Waals surface area contributed by atoms with Crippen molar-refractivity contribution < 1.29 is 29.6 Å². The van der Waals surface area contributed by atoms with Gasteiger partial charge >= 0.3 is 0 Å². The van der Waals surface area contributed by atoms with E-state index in [1.165, 1.54) is 0 Å². The molecule has 0 saturated carbocycles. The Balaban J connectivity index is 2.63. The van der Waals surface area contributed by atoms with Gasteiger partial charge in [-0.1, -0.05) is 0 Å². The highest BCUT2D eigenvalue weighted by molar-refractivity contribution is 4.88. The van der Waals surface area contributed by atoms with E-state index in [1.807, 2.05) is 0 Å². The van der Waals surface area contributed by atoms with Crippen LogP contribution < -0.4 is 0 Å². The van der Waals surface area contributed by atoms with Crippen LogP contribution in [0.25, 0.3) is 0 Å². The molecular formula is C6H11FO5. The molecule has 1 aliphatic rings. The van der Waals surface area contributed by atoms with E-state index in [-0.39, 0.29) is 0 Å². The summed E-state index contributed by atoms with van der Waals surface area (Å²) >= 11 is 0. The zero-order valence-electron chi connectivity index (χ0n) is 6.17. The first-order valence-corrected chi connectivity index (χ1v) is 3.52. The highest BCUT2D eigenvalue weighted by atomic mass is 18.2. The molecule has 0 aromatic heterocycles. The van der Waals surface area contributed by atoms with Gasteiger partial charge in [-0.15, -0.1) is 0 Å². The number of aliphatic hydroxyl groups excluding tert-OH is 4. The maximum atomic E-state index is 12.7. The van der Waals surface area contributed by atoms with E-state index < -0.39 is 37.4 Å². The van der Waals surface area contributed by atoms with Gasteiger partial charge in [0.05, 0.1) is 6.61 Å². The van der Waals surface area contributed by atoms with E-state index in [2.05, 4.69) is 4.74 Å². The van der Waals surface area contributed by atoms with Crippen molar-refractivity contribution in [2.75, 3.05) is 6.61 Å². The van der Waals surface area contributed by atoms with E-state index in [1.54, 1.807) is 0 Å². The number of hydrogen-bond acceptors (Lipinski definition) is 5. The molecule has 1 rings (SSSR count). The average molecular weight is 181 g/mol. The van der Waals surface area contributed by atoms with Crippen LogP contribution in [0.2, 0.25) is 0 Å². The minimum Gasteiger partial charge on any atom is -0.394 e. The van der Waals surface area contributed by atoms with Crippen molar-refractivity contribution in [3.63, 3.8) is 0 Å². The fourth-order valence-corrected chi connectivity index (χ4v) is 1.06. The van der Waals surface area contributed by atoms with Gasteiger partial charge in [-0.3, -0.25) is 0 Å². The molecule has 5 atom stereocenters. The Bertz CT molecular complexity index is 150. The number of rotatable bonds is 1. The minimum atomic E-state index is -2.04. The number of aliphatic hydroxyl groups is 4. The first kappa shape index (κ1) is 9.82. The SMILES string of the molecule is OC[C@H]1O[C@@H](O)[C@@H]([18F])[C@H](O)[C@@H]1O. The first-order valence-electron chi connectivity index (χ1n) is 3.52. The van der Waals surface area contributed by atoms with Gasteiger partial charge in [0.25, 0.3) is 0 Å². The summed E-state index contributed by atoms with van der Waals surface area (Å²) in [5, 5.41) is 35.3. The van der Waals surface area contributed by atoms with Crippen molar-refractivity contribution in [2.24, 2.45) is 0 Å². The molecule has 72 valence electrons. The fraction of sp³-hybridized carbons (Fsp3) is 1.00. The Labute approximate surface area is 68.0 Å². The predicted molar refractivity (Wildman–Crippen MR) is 34.9 cm³/mol. The van der Waals surface area contributed by atoms with Crippen LogP contribution in [0, 0.1) is 0 Å². The molecule has 0 unspecified atom stereocenters. The molecule has 1 fully saturated rings. The maximum absolute atomic E-state index is 12.7. The van der Waals surface area contributed by atoms with Crippen molar-refractivity contribution in [2.45, 2.75) is 30.8 Å². The Morgan fingerprint density at radius 2 is 1.75 bits per heavy atom. The number of hydrogen-bond donors (Lipinski definition) is 4. The Kier molecular flexibility index (Phi) is 2.97. The number of halogens is 1. The molecule has 0 amide bonds. The molecule has 0 aliphatic carbocycles. The topological polar surface area (TPSA) is 90.2 Å². The van der Waals surface area contributed by atoms with Crippen LogP contribution in [0.3, 0.4) is 0 Å². The van der Waals surface area contributed by atoms with Gasteiger partial charge in [0, 0.05) is 0 Å². The lowest BCUT2D eigenvalue weighted by Gasteiger charge is -2.36. The van der Waals surface area contributed by atoms with E-state index in [4.69, 9.17) is 20.4 Å². The van der Waals surface area contributed by atoms with Crippen LogP contribution >= 0.6 is 0 Å². The second-order valence-electron chi connectivity index (χ2n) is 2.67. The minimum absolute atomic E-state index is 0.581. The lowest BCUT2D eigenvalue weighted by Crippen LogP contribution is -2.56. The molecule has 0 aromatic rings. The van der Waals surface area contributed by atoms with Crippen LogP contribution in [0.5, 0.6) is 0 Å². The third-order valence-corrected chi connectivity index (χ3v) is 1.82. The molecule has 1 heterocycles. The third kappa shape index (κ3) is 1.57. The standard InChI is InChI=1S/C6H11FO5/c7-3-5(10)4(9)2(1-8)12-6(3)11/h2-6,8-11H,1H2/t2-,3+,4-,5+,6-/m1/s1/i7-1. The van der Waals surface area contributed by atoms with E-state index in [0.29, 0.717) is 0 Å². The summed E-state index contributed by atoms with van der Waals surface area (Å²) < 4.78 is 17.1. The Morgan fingerprint density at radius 1 is 1.17 bits per heavy atom. The highest BCUT2D eigenvalue weighted by Crippen LogP contribution is 2.21. The molecule has 12 heavy (non-hydrogen) atoms. The van der Waals surface area contributed by atoms with Gasteiger partial charge in [0.2, 0.25) is 0 Å². The summed E-state index contributed by atoms with van der Waals surface area (Å²) in [5.41, 5.74) is 0. The first-order chi connectivity index (χ1) is 5.57. The summed E-state index contributed by atoms with van der Waals surface area (Å²) in [4.78, 5) is 0. The number of alkyl halides is 1. The monoisotopic (exact) mass is 181 g/mol. The second kappa shape index (κ2) is 3.63. The maximum Gasteiger partial charge on any atom is 0.189 e. The summed E-state index contributed by atoms with van der Waals surface area (Å²) in [5.74, 6) is 0. The molecule has 0 spiro atoms. The lowest BCUT2D eigenvalue weighted by molar-refractivity contribution is -0.271. The molecule has 4 N–H and O–H groups in total. The van der Waals surface area contributed by atoms with Gasteiger partial charge < -0.3 is 25.2 Å². The van der Waals surface area contributed by atoms with Crippen LogP contribution in [0.1, 0.15) is 0 Å². The van der Waals surface area contributed by atoms with E-state index in [0.717, 1.165) is 0 Å². The van der Waals surface area contributed by atoms with Gasteiger partial charge in [0.15, 0.2) is 12.5 Å². The van der Waals surface area contributed by atoms with Crippen LogP contribution in [-0.2, 0) is 4.74 Å². The van der Waals surface area contributed by atoms with Crippen LogP contribution in [0.4, 0.5) is 4.39 Å². The zero-order valence-corrected chi connectivity index (χ0v) is 6.17. The van der Waals surface area contributed by atoms with E-state index in [9.17, 15) is 4.39 Å². The summed E-state index contributed by atoms with van der Waals surface area (Å²) in [6, 6.07) is 0. The van der Waals surface area contributed by atoms with Gasteiger partial charge in [-0.05, 0) is 0 Å².